The van der Waals surface area contributed by atoms with Gasteiger partial charge in [-0.15, -0.1) is 0 Å². The van der Waals surface area contributed by atoms with E-state index in [0.29, 0.717) is 0 Å². The Kier molecular flexibility index (Phi) is 4.90. The topological polar surface area (TPSA) is 64.3 Å². The van der Waals surface area contributed by atoms with Gasteiger partial charge in [0.1, 0.15) is 0 Å². The quantitative estimate of drug-likeness (QED) is 0.652. The largest absolute Gasteiger partial charge is 0.377 e. The fourth-order valence-electron chi connectivity index (χ4n) is 1.71. The van der Waals surface area contributed by atoms with Gasteiger partial charge in [-0.3, -0.25) is 4.79 Å². The van der Waals surface area contributed by atoms with Gasteiger partial charge in [0.2, 0.25) is 5.91 Å². The van der Waals surface area contributed by atoms with Crippen molar-refractivity contribution in [3.8, 4) is 0 Å². The molecule has 2 unspecified atom stereocenters. The van der Waals surface area contributed by atoms with Gasteiger partial charge in [0.25, 0.3) is 0 Å². The van der Waals surface area contributed by atoms with Crippen molar-refractivity contribution < 1.29 is 9.53 Å². The zero-order chi connectivity index (χ0) is 10.4. The minimum absolute atomic E-state index is 0.191. The van der Waals surface area contributed by atoms with Crippen LogP contribution in [0, 0.1) is 0 Å². The van der Waals surface area contributed by atoms with Crippen LogP contribution in [-0.4, -0.2) is 31.2 Å². The second-order valence-corrected chi connectivity index (χ2v) is 3.79. The fourth-order valence-corrected chi connectivity index (χ4v) is 1.71. The van der Waals surface area contributed by atoms with Crippen LogP contribution in [0.1, 0.15) is 32.6 Å². The molecule has 1 aliphatic rings. The molecule has 82 valence electrons. The summed E-state index contributed by atoms with van der Waals surface area (Å²) in [6.07, 6.45) is 4.26. The number of hydrogen-bond donors (Lipinski definition) is 2. The molecule has 0 radical (unpaired) electrons. The van der Waals surface area contributed by atoms with Crippen LogP contribution in [-0.2, 0) is 9.53 Å². The summed E-state index contributed by atoms with van der Waals surface area (Å²) < 4.78 is 5.45. The number of hydrogen-bond acceptors (Lipinski definition) is 3. The third-order valence-corrected chi connectivity index (χ3v) is 2.54. The Morgan fingerprint density at radius 3 is 3.00 bits per heavy atom. The molecule has 4 heteroatoms. The van der Waals surface area contributed by atoms with Crippen molar-refractivity contribution in [2.45, 2.75) is 44.8 Å². The Hall–Kier alpha value is -0.610. The maximum Gasteiger partial charge on any atom is 0.234 e. The first kappa shape index (κ1) is 11.5. The van der Waals surface area contributed by atoms with Crippen LogP contribution >= 0.6 is 0 Å². The van der Waals surface area contributed by atoms with Crippen molar-refractivity contribution in [1.29, 1.82) is 0 Å². The van der Waals surface area contributed by atoms with Gasteiger partial charge in [-0.1, -0.05) is 13.3 Å². The molecular weight excluding hydrogens is 180 g/mol. The Morgan fingerprint density at radius 1 is 1.71 bits per heavy atom. The van der Waals surface area contributed by atoms with E-state index in [-0.39, 0.29) is 18.1 Å². The Balaban J connectivity index is 2.21. The zero-order valence-corrected chi connectivity index (χ0v) is 8.79. The van der Waals surface area contributed by atoms with Crippen LogP contribution < -0.4 is 11.1 Å². The molecule has 0 saturated carbocycles. The van der Waals surface area contributed by atoms with Gasteiger partial charge in [0, 0.05) is 13.2 Å². The molecule has 0 aromatic rings. The van der Waals surface area contributed by atoms with Crippen LogP contribution in [0.5, 0.6) is 0 Å². The van der Waals surface area contributed by atoms with Crippen LogP contribution in [0.25, 0.3) is 0 Å². The van der Waals surface area contributed by atoms with Gasteiger partial charge in [-0.05, 0) is 19.3 Å². The third kappa shape index (κ3) is 3.64. The molecule has 2 atom stereocenters. The summed E-state index contributed by atoms with van der Waals surface area (Å²) in [5.74, 6) is -0.259. The van der Waals surface area contributed by atoms with Gasteiger partial charge in [-0.2, -0.15) is 0 Å². The maximum absolute atomic E-state index is 11.0. The summed E-state index contributed by atoms with van der Waals surface area (Å²) in [5.41, 5.74) is 5.27. The predicted molar refractivity (Wildman–Crippen MR) is 54.9 cm³/mol. The first-order valence-electron chi connectivity index (χ1n) is 5.38. The second-order valence-electron chi connectivity index (χ2n) is 3.79. The third-order valence-electron chi connectivity index (χ3n) is 2.54. The molecular formula is C10H20N2O2. The van der Waals surface area contributed by atoms with Crippen molar-refractivity contribution in [2.75, 3.05) is 13.2 Å². The molecule has 0 bridgehead atoms. The van der Waals surface area contributed by atoms with Gasteiger partial charge < -0.3 is 15.8 Å². The molecule has 0 aromatic carbocycles. The minimum Gasteiger partial charge on any atom is -0.377 e. The molecule has 3 N–H and O–H groups in total. The van der Waals surface area contributed by atoms with Gasteiger partial charge in [0.15, 0.2) is 0 Å². The summed E-state index contributed by atoms with van der Waals surface area (Å²) in [4.78, 5) is 11.0. The number of ether oxygens (including phenoxy) is 1. The van der Waals surface area contributed by atoms with Crippen molar-refractivity contribution in [1.82, 2.24) is 5.32 Å². The first-order chi connectivity index (χ1) is 6.74. The highest BCUT2D eigenvalue weighted by molar-refractivity contribution is 5.79. The maximum atomic E-state index is 11.0. The number of nitrogens with one attached hydrogen (secondary N) is 1. The zero-order valence-electron chi connectivity index (χ0n) is 8.79. The van der Waals surface area contributed by atoms with Crippen LogP contribution in [0.15, 0.2) is 0 Å². The molecule has 4 nitrogen and oxygen atoms in total. The number of nitrogens with two attached hydrogens (primary N) is 1. The molecule has 1 fully saturated rings. The average molecular weight is 200 g/mol. The highest BCUT2D eigenvalue weighted by Crippen LogP contribution is 2.11. The Labute approximate surface area is 85.2 Å². The van der Waals surface area contributed by atoms with E-state index < -0.39 is 0 Å². The normalized spacial score (nSPS) is 23.6. The lowest BCUT2D eigenvalue weighted by Gasteiger charge is -2.17. The molecule has 1 amide bonds. The average Bonchev–Trinajstić information content (AvgIpc) is 2.64. The number of carbonyl (C=O) groups is 1. The van der Waals surface area contributed by atoms with E-state index in [4.69, 9.17) is 10.5 Å². The van der Waals surface area contributed by atoms with Crippen molar-refractivity contribution >= 4 is 5.91 Å². The standard InChI is InChI=1S/C10H20N2O2/c1-2-4-9(10(11)13)12-7-8-5-3-6-14-8/h8-9,12H,2-7H2,1H3,(H2,11,13). The highest BCUT2D eigenvalue weighted by Gasteiger charge is 2.19. The lowest BCUT2D eigenvalue weighted by atomic mass is 10.1. The fraction of sp³-hybridized carbons (Fsp3) is 0.900. The van der Waals surface area contributed by atoms with Gasteiger partial charge >= 0.3 is 0 Å². The first-order valence-corrected chi connectivity index (χ1v) is 5.38. The van der Waals surface area contributed by atoms with E-state index in [9.17, 15) is 4.79 Å². The van der Waals surface area contributed by atoms with Crippen LogP contribution in [0.2, 0.25) is 0 Å². The number of amides is 1. The minimum atomic E-state index is -0.259. The van der Waals surface area contributed by atoms with E-state index in [1.807, 2.05) is 6.92 Å². The molecule has 0 spiro atoms. The smallest absolute Gasteiger partial charge is 0.234 e. The van der Waals surface area contributed by atoms with E-state index in [1.54, 1.807) is 0 Å². The monoisotopic (exact) mass is 200 g/mol. The summed E-state index contributed by atoms with van der Waals surface area (Å²) in [5, 5.41) is 3.16. The molecule has 0 aliphatic carbocycles. The molecule has 1 aliphatic heterocycles. The second kappa shape index (κ2) is 5.98. The molecule has 14 heavy (non-hydrogen) atoms. The van der Waals surface area contributed by atoms with E-state index in [2.05, 4.69) is 5.32 Å². The van der Waals surface area contributed by atoms with Crippen molar-refractivity contribution in [2.24, 2.45) is 5.73 Å². The Morgan fingerprint density at radius 2 is 2.50 bits per heavy atom. The number of rotatable bonds is 6. The molecule has 1 saturated heterocycles. The van der Waals surface area contributed by atoms with Crippen LogP contribution in [0.3, 0.4) is 0 Å². The van der Waals surface area contributed by atoms with Gasteiger partial charge in [-0.25, -0.2) is 0 Å². The number of primary amides is 1. The lowest BCUT2D eigenvalue weighted by Crippen LogP contribution is -2.44. The lowest BCUT2D eigenvalue weighted by molar-refractivity contribution is -0.120. The van der Waals surface area contributed by atoms with Crippen molar-refractivity contribution in [3.05, 3.63) is 0 Å². The van der Waals surface area contributed by atoms with E-state index >= 15 is 0 Å². The molecule has 0 aromatic heterocycles. The SMILES string of the molecule is CCCC(NCC1CCCO1)C(N)=O. The van der Waals surface area contributed by atoms with Crippen molar-refractivity contribution in [3.63, 3.8) is 0 Å². The highest BCUT2D eigenvalue weighted by atomic mass is 16.5. The molecule has 1 heterocycles. The van der Waals surface area contributed by atoms with Crippen LogP contribution in [0.4, 0.5) is 0 Å². The summed E-state index contributed by atoms with van der Waals surface area (Å²) in [6.45, 7) is 3.64. The predicted octanol–water partition coefficient (Wildman–Crippen LogP) is 0.409. The van der Waals surface area contributed by atoms with Gasteiger partial charge in [0.05, 0.1) is 12.1 Å². The Bertz CT molecular complexity index is 179. The summed E-state index contributed by atoms with van der Waals surface area (Å²) >= 11 is 0. The molecule has 1 rings (SSSR count). The van der Waals surface area contributed by atoms with E-state index in [1.165, 1.54) is 0 Å². The summed E-state index contributed by atoms with van der Waals surface area (Å²) in [7, 11) is 0. The van der Waals surface area contributed by atoms with E-state index in [0.717, 1.165) is 38.8 Å². The summed E-state index contributed by atoms with van der Waals surface area (Å²) in [6, 6.07) is -0.191. The number of carbonyl (C=O) groups excluding carboxylic acids is 1.